The van der Waals surface area contributed by atoms with Gasteiger partial charge in [-0.3, -0.25) is 4.79 Å². The number of carbonyl (C=O) groups is 2. The van der Waals surface area contributed by atoms with Crippen LogP contribution in [0.15, 0.2) is 12.5 Å². The molecule has 0 aliphatic rings. The number of hydroxylamine groups is 1. The number of hydrogen-bond donors (Lipinski definition) is 3. The third-order valence-corrected chi connectivity index (χ3v) is 0.696. The van der Waals surface area contributed by atoms with Gasteiger partial charge in [-0.15, -0.1) is 0 Å². The van der Waals surface area contributed by atoms with Crippen molar-refractivity contribution in [2.45, 2.75) is 6.17 Å². The van der Waals surface area contributed by atoms with Crippen molar-refractivity contribution >= 4 is 12.4 Å². The molecule has 0 unspecified atom stereocenters. The predicted molar refractivity (Wildman–Crippen MR) is 37.7 cm³/mol. The number of nitrogens with two attached hydrogens (primary N) is 2. The highest BCUT2D eigenvalue weighted by molar-refractivity contribution is 5.75. The van der Waals surface area contributed by atoms with Gasteiger partial charge in [-0.25, -0.2) is 4.79 Å². The van der Waals surface area contributed by atoms with Crippen LogP contribution in [-0.4, -0.2) is 18.5 Å². The lowest BCUT2D eigenvalue weighted by molar-refractivity contribution is -0.139. The van der Waals surface area contributed by atoms with Crippen LogP contribution in [0.4, 0.5) is 0 Å². The Kier molecular flexibility index (Phi) is 5.31. The van der Waals surface area contributed by atoms with Gasteiger partial charge in [0.15, 0.2) is 12.4 Å². The Morgan fingerprint density at radius 1 is 1.42 bits per heavy atom. The monoisotopic (exact) mass is 175 g/mol. The molecular weight excluding hydrogens is 166 g/mol. The number of ether oxygens (including phenoxy) is 1. The van der Waals surface area contributed by atoms with Crippen LogP contribution in [0.3, 0.4) is 0 Å². The highest BCUT2D eigenvalue weighted by atomic mass is 16.6. The highest BCUT2D eigenvalue weighted by Gasteiger charge is 2.06. The molecule has 0 aliphatic heterocycles. The minimum Gasteiger partial charge on any atom is -0.429 e. The number of nitrogens with one attached hydrogen (secondary N) is 1. The molecule has 0 bridgehead atoms. The summed E-state index contributed by atoms with van der Waals surface area (Å²) in [6.07, 6.45) is 0.954. The topological polar surface area (TPSA) is 117 Å². The first-order chi connectivity index (χ1) is 5.68. The minimum atomic E-state index is -1.19. The average molecular weight is 175 g/mol. The first-order valence-electron chi connectivity index (χ1n) is 2.90. The van der Waals surface area contributed by atoms with Gasteiger partial charge in [-0.2, -0.15) is 5.48 Å². The number of hydrogen-bond acceptors (Lipinski definition) is 6. The summed E-state index contributed by atoms with van der Waals surface area (Å²) in [6, 6.07) is 0. The van der Waals surface area contributed by atoms with Crippen molar-refractivity contribution < 1.29 is 19.2 Å². The van der Waals surface area contributed by atoms with Crippen molar-refractivity contribution in [2.75, 3.05) is 0 Å². The second kappa shape index (κ2) is 6.13. The van der Waals surface area contributed by atoms with Crippen LogP contribution in [0, 0.1) is 0 Å². The van der Waals surface area contributed by atoms with Gasteiger partial charge >= 0.3 is 5.97 Å². The highest BCUT2D eigenvalue weighted by Crippen LogP contribution is 1.80. The second-order valence-corrected chi connectivity index (χ2v) is 1.59. The predicted octanol–water partition coefficient (Wildman–Crippen LogP) is -2.08. The summed E-state index contributed by atoms with van der Waals surface area (Å²) in [5, 5.41) is 0. The lowest BCUT2D eigenvalue weighted by Crippen LogP contribution is -2.39. The summed E-state index contributed by atoms with van der Waals surface area (Å²) in [6.45, 7) is 0. The fourth-order valence-electron chi connectivity index (χ4n) is 0.268. The van der Waals surface area contributed by atoms with E-state index in [1.165, 1.54) is 0 Å². The SMILES string of the molecule is NC(N)C(=O)O/C=C/ONC=O. The zero-order chi connectivity index (χ0) is 9.40. The van der Waals surface area contributed by atoms with E-state index in [0.717, 1.165) is 12.5 Å². The summed E-state index contributed by atoms with van der Waals surface area (Å²) < 4.78 is 4.30. The zero-order valence-corrected chi connectivity index (χ0v) is 6.10. The van der Waals surface area contributed by atoms with Crippen LogP contribution < -0.4 is 16.9 Å². The quantitative estimate of drug-likeness (QED) is 0.110. The normalized spacial score (nSPS) is 9.92. The van der Waals surface area contributed by atoms with Crippen LogP contribution in [0.5, 0.6) is 0 Å². The molecule has 0 aromatic heterocycles. The largest absolute Gasteiger partial charge is 0.429 e. The van der Waals surface area contributed by atoms with Gasteiger partial charge < -0.3 is 21.0 Å². The standard InChI is InChI=1S/C5H9N3O4/c6-4(7)5(10)11-1-2-12-8-3-9/h1-4H,6-7H2,(H,8,9)/b2-1+. The van der Waals surface area contributed by atoms with Crippen molar-refractivity contribution in [1.82, 2.24) is 5.48 Å². The van der Waals surface area contributed by atoms with E-state index in [0.29, 0.717) is 6.41 Å². The van der Waals surface area contributed by atoms with Gasteiger partial charge in [-0.1, -0.05) is 0 Å². The molecule has 0 saturated carbocycles. The lowest BCUT2D eigenvalue weighted by atomic mass is 10.6. The molecule has 0 aromatic carbocycles. The smallest absolute Gasteiger partial charge is 0.342 e. The van der Waals surface area contributed by atoms with Crippen molar-refractivity contribution in [1.29, 1.82) is 0 Å². The molecule has 0 aliphatic carbocycles. The Morgan fingerprint density at radius 2 is 2.08 bits per heavy atom. The van der Waals surface area contributed by atoms with E-state index in [4.69, 9.17) is 11.5 Å². The molecule has 0 saturated heterocycles. The van der Waals surface area contributed by atoms with Crippen LogP contribution >= 0.6 is 0 Å². The van der Waals surface area contributed by atoms with E-state index in [1.54, 1.807) is 0 Å². The molecule has 1 amide bonds. The van der Waals surface area contributed by atoms with E-state index in [1.807, 2.05) is 5.48 Å². The molecular formula is C5H9N3O4. The molecule has 0 heterocycles. The van der Waals surface area contributed by atoms with Crippen molar-refractivity contribution in [2.24, 2.45) is 11.5 Å². The fourth-order valence-corrected chi connectivity index (χ4v) is 0.268. The van der Waals surface area contributed by atoms with Crippen molar-refractivity contribution in [3.63, 3.8) is 0 Å². The van der Waals surface area contributed by atoms with Gasteiger partial charge in [0.1, 0.15) is 6.26 Å². The maximum atomic E-state index is 10.5. The molecule has 0 rings (SSSR count). The van der Waals surface area contributed by atoms with E-state index in [9.17, 15) is 9.59 Å². The third-order valence-electron chi connectivity index (χ3n) is 0.696. The average Bonchev–Trinajstić information content (AvgIpc) is 2.03. The zero-order valence-electron chi connectivity index (χ0n) is 6.10. The van der Waals surface area contributed by atoms with Gasteiger partial charge in [0.25, 0.3) is 0 Å². The van der Waals surface area contributed by atoms with Crippen molar-refractivity contribution in [3.8, 4) is 0 Å². The molecule has 7 nitrogen and oxygen atoms in total. The van der Waals surface area contributed by atoms with Gasteiger partial charge in [-0.05, 0) is 0 Å². The fraction of sp³-hybridized carbons (Fsp3) is 0.200. The Labute approximate surface area is 68.2 Å². The Morgan fingerprint density at radius 3 is 2.58 bits per heavy atom. The molecule has 0 aromatic rings. The second-order valence-electron chi connectivity index (χ2n) is 1.59. The Hall–Kier alpha value is -1.60. The maximum absolute atomic E-state index is 10.5. The summed E-state index contributed by atoms with van der Waals surface area (Å²) in [5.74, 6) is -0.805. The molecule has 0 spiro atoms. The summed E-state index contributed by atoms with van der Waals surface area (Å²) in [7, 11) is 0. The molecule has 7 heteroatoms. The first kappa shape index (κ1) is 10.4. The molecule has 12 heavy (non-hydrogen) atoms. The van der Waals surface area contributed by atoms with E-state index >= 15 is 0 Å². The van der Waals surface area contributed by atoms with Crippen LogP contribution in [0.1, 0.15) is 0 Å². The van der Waals surface area contributed by atoms with E-state index < -0.39 is 12.1 Å². The number of rotatable bonds is 5. The first-order valence-corrected chi connectivity index (χ1v) is 2.90. The third kappa shape index (κ3) is 5.21. The summed E-state index contributed by atoms with van der Waals surface area (Å²) in [4.78, 5) is 24.4. The molecule has 0 fully saturated rings. The summed E-state index contributed by atoms with van der Waals surface area (Å²) >= 11 is 0. The van der Waals surface area contributed by atoms with E-state index in [2.05, 4.69) is 9.57 Å². The molecule has 0 radical (unpaired) electrons. The molecule has 0 atom stereocenters. The molecule has 68 valence electrons. The van der Waals surface area contributed by atoms with Gasteiger partial charge in [0.2, 0.25) is 6.41 Å². The van der Waals surface area contributed by atoms with E-state index in [-0.39, 0.29) is 0 Å². The van der Waals surface area contributed by atoms with Gasteiger partial charge in [0, 0.05) is 0 Å². The minimum absolute atomic E-state index is 0.306. The van der Waals surface area contributed by atoms with Gasteiger partial charge in [0.05, 0.1) is 0 Å². The van der Waals surface area contributed by atoms with Crippen molar-refractivity contribution in [3.05, 3.63) is 12.5 Å². The van der Waals surface area contributed by atoms with Crippen LogP contribution in [0.25, 0.3) is 0 Å². The number of carbonyl (C=O) groups excluding carboxylic acids is 2. The maximum Gasteiger partial charge on any atom is 0.342 e. The number of amides is 1. The summed E-state index contributed by atoms with van der Waals surface area (Å²) in [5.41, 5.74) is 11.7. The molecule has 5 N–H and O–H groups in total. The Balaban J connectivity index is 3.46. The van der Waals surface area contributed by atoms with Crippen LogP contribution in [0.2, 0.25) is 0 Å². The Bertz CT molecular complexity index is 180. The number of esters is 1. The lowest BCUT2D eigenvalue weighted by Gasteiger charge is -2.00. The van der Waals surface area contributed by atoms with Crippen LogP contribution in [-0.2, 0) is 19.2 Å².